The van der Waals surface area contributed by atoms with Gasteiger partial charge in [-0.3, -0.25) is 0 Å². The monoisotopic (exact) mass is 351 g/mol. The molecule has 0 aromatic carbocycles. The molecule has 0 saturated carbocycles. The molecule has 0 aliphatic heterocycles. The smallest absolute Gasteiger partial charge is 0.336 e. The molecule has 0 saturated heterocycles. The van der Waals surface area contributed by atoms with Gasteiger partial charge in [0.1, 0.15) is 6.33 Å². The number of carbonyl (C=O) groups is 1. The molecule has 2 rings (SSSR count). The van der Waals surface area contributed by atoms with E-state index in [-0.39, 0.29) is 6.03 Å². The van der Waals surface area contributed by atoms with E-state index in [0.29, 0.717) is 23.4 Å². The van der Waals surface area contributed by atoms with Crippen LogP contribution < -0.4 is 5.32 Å². The number of aromatic nitrogens is 5. The van der Waals surface area contributed by atoms with Gasteiger partial charge in [-0.2, -0.15) is 9.36 Å². The summed E-state index contributed by atoms with van der Waals surface area (Å²) in [6.45, 7) is 5.75. The maximum Gasteiger partial charge on any atom is 0.342 e. The van der Waals surface area contributed by atoms with Crippen LogP contribution in [0.25, 0.3) is 5.82 Å². The van der Waals surface area contributed by atoms with Gasteiger partial charge in [0.15, 0.2) is 5.82 Å². The third kappa shape index (κ3) is 5.64. The predicted octanol–water partition coefficient (Wildman–Crippen LogP) is 1.72. The van der Waals surface area contributed by atoms with E-state index < -0.39 is 0 Å². The van der Waals surface area contributed by atoms with Gasteiger partial charge in [0.25, 0.3) is 0 Å². The van der Waals surface area contributed by atoms with Crippen LogP contribution in [0.4, 0.5) is 4.79 Å². The Labute approximate surface area is 146 Å². The summed E-state index contributed by atoms with van der Waals surface area (Å²) in [7, 11) is 4.12. The van der Waals surface area contributed by atoms with Crippen molar-refractivity contribution in [2.45, 2.75) is 25.4 Å². The van der Waals surface area contributed by atoms with Crippen LogP contribution in [0.5, 0.6) is 0 Å². The van der Waals surface area contributed by atoms with E-state index in [0.717, 1.165) is 18.7 Å². The molecular weight excluding hydrogens is 326 g/mol. The summed E-state index contributed by atoms with van der Waals surface area (Å²) >= 11 is 1.62. The highest BCUT2D eigenvalue weighted by atomic mass is 32.2. The fourth-order valence-electron chi connectivity index (χ4n) is 1.89. The van der Waals surface area contributed by atoms with Crippen LogP contribution in [0.1, 0.15) is 20.3 Å². The maximum atomic E-state index is 12.0. The topological polar surface area (TPSA) is 80.9 Å². The second-order valence-corrected chi connectivity index (χ2v) is 7.24. The first-order valence-corrected chi connectivity index (χ1v) is 8.97. The van der Waals surface area contributed by atoms with Gasteiger partial charge >= 0.3 is 6.03 Å². The summed E-state index contributed by atoms with van der Waals surface area (Å²) in [4.78, 5) is 18.4. The normalized spacial score (nSPS) is 11.4. The highest BCUT2D eigenvalue weighted by molar-refractivity contribution is 7.99. The lowest BCUT2D eigenvalue weighted by atomic mass is 10.2. The third-order valence-corrected chi connectivity index (χ3v) is 4.07. The molecule has 0 fully saturated rings. The van der Waals surface area contributed by atoms with E-state index in [1.54, 1.807) is 35.0 Å². The van der Waals surface area contributed by atoms with Crippen molar-refractivity contribution in [3.63, 3.8) is 0 Å². The molecule has 0 spiro atoms. The van der Waals surface area contributed by atoms with Crippen molar-refractivity contribution in [3.05, 3.63) is 18.6 Å². The largest absolute Gasteiger partial charge is 0.342 e. The maximum absolute atomic E-state index is 12.0. The van der Waals surface area contributed by atoms with Crippen LogP contribution in [-0.4, -0.2) is 68.4 Å². The number of rotatable bonds is 8. The zero-order chi connectivity index (χ0) is 17.5. The summed E-state index contributed by atoms with van der Waals surface area (Å²) in [5.74, 6) is 1.93. The summed E-state index contributed by atoms with van der Waals surface area (Å²) in [6, 6.07) is 1.50. The second-order valence-electron chi connectivity index (χ2n) is 6.18. The highest BCUT2D eigenvalue weighted by Crippen LogP contribution is 2.14. The van der Waals surface area contributed by atoms with Gasteiger partial charge in [-0.15, -0.1) is 10.2 Å². The molecule has 24 heavy (non-hydrogen) atoms. The zero-order valence-corrected chi connectivity index (χ0v) is 15.5. The molecule has 1 amide bonds. The van der Waals surface area contributed by atoms with Gasteiger partial charge in [0.05, 0.1) is 0 Å². The Morgan fingerprint density at radius 3 is 2.88 bits per heavy atom. The Hall–Kier alpha value is -1.87. The summed E-state index contributed by atoms with van der Waals surface area (Å²) < 4.78 is 2.86. The van der Waals surface area contributed by atoms with Crippen molar-refractivity contribution in [1.82, 2.24) is 34.8 Å². The SMILES string of the molecule is CC(C)CNC(=O)n1ccc(-n2cnc(SCCCN(C)C)n2)n1. The third-order valence-electron chi connectivity index (χ3n) is 3.13. The molecular formula is C15H25N7OS. The fraction of sp³-hybridized carbons (Fsp3) is 0.600. The minimum atomic E-state index is -0.242. The molecule has 132 valence electrons. The van der Waals surface area contributed by atoms with Gasteiger partial charge in [0, 0.05) is 24.6 Å². The molecule has 0 atom stereocenters. The average molecular weight is 351 g/mol. The van der Waals surface area contributed by atoms with Gasteiger partial charge in [-0.25, -0.2) is 9.78 Å². The van der Waals surface area contributed by atoms with Gasteiger partial charge in [-0.05, 0) is 33.0 Å². The standard InChI is InChI=1S/C15H25N7OS/c1-12(2)10-16-15(23)21-8-6-13(18-21)22-11-17-14(19-22)24-9-5-7-20(3)4/h6,8,11-12H,5,7,9-10H2,1-4H3,(H,16,23). The highest BCUT2D eigenvalue weighted by Gasteiger charge is 2.10. The van der Waals surface area contributed by atoms with Crippen molar-refractivity contribution in [2.24, 2.45) is 5.92 Å². The van der Waals surface area contributed by atoms with Crippen molar-refractivity contribution < 1.29 is 4.79 Å². The van der Waals surface area contributed by atoms with Crippen LogP contribution in [0, 0.1) is 5.92 Å². The number of hydrogen-bond donors (Lipinski definition) is 1. The second kappa shape index (κ2) is 8.84. The summed E-state index contributed by atoms with van der Waals surface area (Å²) in [6.07, 6.45) is 4.32. The minimum absolute atomic E-state index is 0.242. The van der Waals surface area contributed by atoms with Crippen LogP contribution >= 0.6 is 11.8 Å². The lowest BCUT2D eigenvalue weighted by Gasteiger charge is -2.07. The molecule has 0 aliphatic carbocycles. The van der Waals surface area contributed by atoms with Crippen LogP contribution in [0.3, 0.4) is 0 Å². The van der Waals surface area contributed by atoms with E-state index in [1.807, 2.05) is 13.8 Å². The van der Waals surface area contributed by atoms with Crippen LogP contribution in [0.2, 0.25) is 0 Å². The minimum Gasteiger partial charge on any atom is -0.336 e. The van der Waals surface area contributed by atoms with Crippen LogP contribution in [-0.2, 0) is 0 Å². The molecule has 2 aromatic heterocycles. The Balaban J connectivity index is 1.89. The molecule has 0 bridgehead atoms. The van der Waals surface area contributed by atoms with Gasteiger partial charge in [0.2, 0.25) is 5.16 Å². The average Bonchev–Trinajstić information content (AvgIpc) is 3.17. The lowest BCUT2D eigenvalue weighted by molar-refractivity contribution is 0.238. The lowest BCUT2D eigenvalue weighted by Crippen LogP contribution is -2.31. The van der Waals surface area contributed by atoms with Gasteiger partial charge in [-0.1, -0.05) is 25.6 Å². The van der Waals surface area contributed by atoms with Gasteiger partial charge < -0.3 is 10.2 Å². The Kier molecular flexibility index (Phi) is 6.80. The molecule has 9 heteroatoms. The Morgan fingerprint density at radius 1 is 1.38 bits per heavy atom. The summed E-state index contributed by atoms with van der Waals surface area (Å²) in [5.41, 5.74) is 0. The zero-order valence-electron chi connectivity index (χ0n) is 14.6. The molecule has 0 unspecified atom stereocenters. The first-order chi connectivity index (χ1) is 11.5. The van der Waals surface area contributed by atoms with Crippen LogP contribution in [0.15, 0.2) is 23.7 Å². The van der Waals surface area contributed by atoms with Crippen molar-refractivity contribution in [1.29, 1.82) is 0 Å². The molecule has 0 radical (unpaired) electrons. The van der Waals surface area contributed by atoms with Crippen molar-refractivity contribution in [3.8, 4) is 5.82 Å². The first kappa shape index (κ1) is 18.5. The quantitative estimate of drug-likeness (QED) is 0.576. The van der Waals surface area contributed by atoms with E-state index in [4.69, 9.17) is 0 Å². The molecule has 0 aliphatic rings. The molecule has 8 nitrogen and oxygen atoms in total. The van der Waals surface area contributed by atoms with E-state index >= 15 is 0 Å². The predicted molar refractivity (Wildman–Crippen MR) is 94.7 cm³/mol. The number of nitrogens with zero attached hydrogens (tertiary/aromatic N) is 6. The molecule has 2 heterocycles. The number of nitrogens with one attached hydrogen (secondary N) is 1. The number of hydrogen-bond acceptors (Lipinski definition) is 6. The Morgan fingerprint density at radius 2 is 2.17 bits per heavy atom. The number of amides is 1. The van der Waals surface area contributed by atoms with E-state index in [2.05, 4.69) is 39.5 Å². The number of thioether (sulfide) groups is 1. The molecule has 2 aromatic rings. The summed E-state index contributed by atoms with van der Waals surface area (Å²) in [5, 5.41) is 12.2. The number of carbonyl (C=O) groups excluding carboxylic acids is 1. The molecule has 1 N–H and O–H groups in total. The van der Waals surface area contributed by atoms with E-state index in [1.165, 1.54) is 4.68 Å². The Bertz CT molecular complexity index is 650. The first-order valence-electron chi connectivity index (χ1n) is 7.99. The van der Waals surface area contributed by atoms with E-state index in [9.17, 15) is 4.79 Å². The van der Waals surface area contributed by atoms with Crippen molar-refractivity contribution in [2.75, 3.05) is 32.9 Å². The fourth-order valence-corrected chi connectivity index (χ4v) is 2.61. The van der Waals surface area contributed by atoms with Crippen molar-refractivity contribution >= 4 is 17.8 Å².